The van der Waals surface area contributed by atoms with E-state index in [-0.39, 0.29) is 30.1 Å². The van der Waals surface area contributed by atoms with Crippen LogP contribution in [-0.2, 0) is 19.6 Å². The van der Waals surface area contributed by atoms with Crippen molar-refractivity contribution >= 4 is 27.7 Å². The first-order chi connectivity index (χ1) is 9.84. The second-order valence-corrected chi connectivity index (χ2v) is 6.34. The van der Waals surface area contributed by atoms with Gasteiger partial charge in [0.1, 0.15) is 6.04 Å². The third-order valence-electron chi connectivity index (χ3n) is 3.11. The van der Waals surface area contributed by atoms with Crippen LogP contribution in [0.4, 0.5) is 0 Å². The summed E-state index contributed by atoms with van der Waals surface area (Å²) in [5.41, 5.74) is 0.0421. The number of amidine groups is 1. The van der Waals surface area contributed by atoms with Gasteiger partial charge in [-0.25, -0.2) is 13.2 Å². The molecule has 0 saturated heterocycles. The molecule has 0 radical (unpaired) electrons. The van der Waals surface area contributed by atoms with Crippen LogP contribution < -0.4 is 5.32 Å². The van der Waals surface area contributed by atoms with Crippen molar-refractivity contribution in [3.8, 4) is 0 Å². The van der Waals surface area contributed by atoms with Gasteiger partial charge in [0, 0.05) is 12.7 Å². The Hall–Kier alpha value is -2.16. The van der Waals surface area contributed by atoms with Crippen LogP contribution in [0.5, 0.6) is 0 Å². The summed E-state index contributed by atoms with van der Waals surface area (Å²) >= 11 is 0. The van der Waals surface area contributed by atoms with Crippen LogP contribution in [0.15, 0.2) is 28.3 Å². The zero-order valence-corrected chi connectivity index (χ0v) is 12.1. The highest BCUT2D eigenvalue weighted by Gasteiger charge is 2.31. The van der Waals surface area contributed by atoms with Crippen LogP contribution in [0.3, 0.4) is 0 Å². The minimum Gasteiger partial charge on any atom is -0.480 e. The molecule has 9 heteroatoms. The van der Waals surface area contributed by atoms with Crippen molar-refractivity contribution in [2.45, 2.75) is 19.4 Å². The summed E-state index contributed by atoms with van der Waals surface area (Å²) in [5, 5.41) is 11.3. The first-order valence-electron chi connectivity index (χ1n) is 6.36. The minimum atomic E-state index is -3.59. The van der Waals surface area contributed by atoms with E-state index < -0.39 is 27.9 Å². The van der Waals surface area contributed by atoms with Gasteiger partial charge in [-0.2, -0.15) is 0 Å². The molecule has 0 spiro atoms. The average Bonchev–Trinajstić information content (AvgIpc) is 2.42. The molecule has 1 unspecified atom stereocenters. The Morgan fingerprint density at radius 3 is 2.86 bits per heavy atom. The van der Waals surface area contributed by atoms with Crippen molar-refractivity contribution in [3.63, 3.8) is 0 Å². The summed E-state index contributed by atoms with van der Waals surface area (Å²) in [6, 6.07) is -1.03. The second kappa shape index (κ2) is 5.68. The lowest BCUT2D eigenvalue weighted by Gasteiger charge is -2.29. The van der Waals surface area contributed by atoms with Crippen molar-refractivity contribution in [2.75, 3.05) is 12.3 Å². The van der Waals surface area contributed by atoms with Gasteiger partial charge in [0.05, 0.1) is 11.3 Å². The fourth-order valence-electron chi connectivity index (χ4n) is 1.97. The molecule has 2 rings (SSSR count). The molecule has 114 valence electrons. The highest BCUT2D eigenvalue weighted by molar-refractivity contribution is 7.90. The molecular weight excluding hydrogens is 298 g/mol. The first kappa shape index (κ1) is 15.2. The number of aliphatic carboxylic acids is 1. The number of carboxylic acids is 1. The van der Waals surface area contributed by atoms with E-state index in [0.29, 0.717) is 0 Å². The smallest absolute Gasteiger partial charge is 0.326 e. The van der Waals surface area contributed by atoms with Gasteiger partial charge in [-0.3, -0.25) is 4.79 Å². The lowest BCUT2D eigenvalue weighted by Crippen LogP contribution is -2.46. The SMILES string of the molecule is CCC(NC(=O)C1=CC=CN2CCS(=O)(=O)N=C12)C(=O)O. The van der Waals surface area contributed by atoms with E-state index in [1.165, 1.54) is 6.08 Å². The maximum absolute atomic E-state index is 12.2. The maximum Gasteiger partial charge on any atom is 0.326 e. The molecule has 2 aliphatic rings. The first-order valence-corrected chi connectivity index (χ1v) is 7.97. The van der Waals surface area contributed by atoms with Crippen molar-refractivity contribution in [3.05, 3.63) is 23.9 Å². The number of hydrogen-bond donors (Lipinski definition) is 2. The summed E-state index contributed by atoms with van der Waals surface area (Å²) < 4.78 is 26.7. The van der Waals surface area contributed by atoms with E-state index in [4.69, 9.17) is 5.11 Å². The molecule has 0 aliphatic carbocycles. The second-order valence-electron chi connectivity index (χ2n) is 4.59. The van der Waals surface area contributed by atoms with Crippen LogP contribution in [-0.4, -0.2) is 54.5 Å². The highest BCUT2D eigenvalue weighted by Crippen LogP contribution is 2.18. The van der Waals surface area contributed by atoms with E-state index in [0.717, 1.165) is 0 Å². The predicted octanol–water partition coefficient (Wildman–Crippen LogP) is -0.537. The van der Waals surface area contributed by atoms with E-state index in [2.05, 4.69) is 9.71 Å². The maximum atomic E-state index is 12.2. The summed E-state index contributed by atoms with van der Waals surface area (Å²) in [6.07, 6.45) is 4.85. The van der Waals surface area contributed by atoms with Crippen LogP contribution in [0.1, 0.15) is 13.3 Å². The lowest BCUT2D eigenvalue weighted by atomic mass is 10.1. The largest absolute Gasteiger partial charge is 0.480 e. The average molecular weight is 313 g/mol. The van der Waals surface area contributed by atoms with E-state index in [1.807, 2.05) is 0 Å². The van der Waals surface area contributed by atoms with Crippen LogP contribution in [0.25, 0.3) is 0 Å². The summed E-state index contributed by atoms with van der Waals surface area (Å²) in [7, 11) is -3.59. The molecule has 1 amide bonds. The van der Waals surface area contributed by atoms with Crippen LogP contribution in [0, 0.1) is 0 Å². The standard InChI is InChI=1S/C12H15N3O5S/c1-2-9(12(17)18)13-11(16)8-4-3-5-15-6-7-21(19,20)14-10(8)15/h3-5,9H,2,6-7H2,1H3,(H,13,16)(H,17,18). The normalized spacial score (nSPS) is 20.9. The van der Waals surface area contributed by atoms with E-state index >= 15 is 0 Å². The fraction of sp³-hybridized carbons (Fsp3) is 0.417. The van der Waals surface area contributed by atoms with E-state index in [1.54, 1.807) is 24.1 Å². The lowest BCUT2D eigenvalue weighted by molar-refractivity contribution is -0.141. The number of carbonyl (C=O) groups excluding carboxylic acids is 1. The number of sulfonamides is 1. The summed E-state index contributed by atoms with van der Waals surface area (Å²) in [4.78, 5) is 24.7. The number of carboxylic acid groups (broad SMARTS) is 1. The molecule has 1 atom stereocenters. The molecule has 0 aromatic carbocycles. The molecule has 21 heavy (non-hydrogen) atoms. The third kappa shape index (κ3) is 3.30. The Kier molecular flexibility index (Phi) is 4.12. The number of nitrogens with one attached hydrogen (secondary N) is 1. The summed E-state index contributed by atoms with van der Waals surface area (Å²) in [6.45, 7) is 1.83. The van der Waals surface area contributed by atoms with Crippen molar-refractivity contribution in [1.82, 2.24) is 10.2 Å². The Balaban J connectivity index is 2.28. The zero-order chi connectivity index (χ0) is 15.6. The Bertz CT molecular complexity index is 662. The highest BCUT2D eigenvalue weighted by atomic mass is 32.2. The number of hydrogen-bond acceptors (Lipinski definition) is 5. The third-order valence-corrected chi connectivity index (χ3v) is 4.26. The fourth-order valence-corrected chi connectivity index (χ4v) is 2.95. The van der Waals surface area contributed by atoms with Gasteiger partial charge in [0.2, 0.25) is 0 Å². The number of carbonyl (C=O) groups is 2. The molecule has 0 saturated carbocycles. The van der Waals surface area contributed by atoms with Crippen molar-refractivity contribution < 1.29 is 23.1 Å². The Morgan fingerprint density at radius 2 is 2.24 bits per heavy atom. The van der Waals surface area contributed by atoms with Gasteiger partial charge in [0.25, 0.3) is 15.9 Å². The number of allylic oxidation sites excluding steroid dienone is 2. The minimum absolute atomic E-state index is 0.0292. The van der Waals surface area contributed by atoms with Gasteiger partial charge >= 0.3 is 5.97 Å². The topological polar surface area (TPSA) is 116 Å². The van der Waals surface area contributed by atoms with Gasteiger partial charge < -0.3 is 15.3 Å². The van der Waals surface area contributed by atoms with Gasteiger partial charge in [-0.15, -0.1) is 4.40 Å². The quantitative estimate of drug-likeness (QED) is 0.720. The molecule has 0 aromatic rings. The van der Waals surface area contributed by atoms with E-state index in [9.17, 15) is 18.0 Å². The monoisotopic (exact) mass is 313 g/mol. The number of rotatable bonds is 4. The molecule has 2 aliphatic heterocycles. The number of nitrogens with zero attached hydrogens (tertiary/aromatic N) is 2. The molecular formula is C12H15N3O5S. The number of fused-ring (bicyclic) bond motifs is 1. The number of amides is 1. The van der Waals surface area contributed by atoms with Crippen molar-refractivity contribution in [2.24, 2.45) is 4.40 Å². The van der Waals surface area contributed by atoms with Gasteiger partial charge in [0.15, 0.2) is 5.84 Å². The predicted molar refractivity (Wildman–Crippen MR) is 75.0 cm³/mol. The molecule has 0 fully saturated rings. The van der Waals surface area contributed by atoms with Crippen molar-refractivity contribution in [1.29, 1.82) is 0 Å². The molecule has 0 bridgehead atoms. The Labute approximate surface area is 121 Å². The van der Waals surface area contributed by atoms with Gasteiger partial charge in [-0.1, -0.05) is 6.92 Å². The van der Waals surface area contributed by atoms with Gasteiger partial charge in [-0.05, 0) is 18.6 Å². The zero-order valence-electron chi connectivity index (χ0n) is 11.3. The molecule has 2 heterocycles. The summed E-state index contributed by atoms with van der Waals surface area (Å²) in [5.74, 6) is -1.90. The molecule has 2 N–H and O–H groups in total. The Morgan fingerprint density at radius 1 is 1.52 bits per heavy atom. The molecule has 0 aromatic heterocycles. The molecule has 8 nitrogen and oxygen atoms in total. The van der Waals surface area contributed by atoms with Crippen LogP contribution in [0.2, 0.25) is 0 Å². The van der Waals surface area contributed by atoms with Crippen LogP contribution >= 0.6 is 0 Å².